The van der Waals surface area contributed by atoms with Crippen molar-refractivity contribution in [1.29, 1.82) is 0 Å². The summed E-state index contributed by atoms with van der Waals surface area (Å²) in [5, 5.41) is 32.2. The first kappa shape index (κ1) is 19.8. The number of amides is 2. The van der Waals surface area contributed by atoms with Crippen molar-refractivity contribution in [3.8, 4) is 11.8 Å². The second-order valence-corrected chi connectivity index (χ2v) is 6.93. The third-order valence-corrected chi connectivity index (χ3v) is 4.33. The van der Waals surface area contributed by atoms with Crippen molar-refractivity contribution >= 4 is 12.0 Å². The number of carbonyl (C=O) groups is 2. The molecular weight excluding hydrogens is 336 g/mol. The van der Waals surface area contributed by atoms with Crippen LogP contribution in [0.2, 0.25) is 0 Å². The van der Waals surface area contributed by atoms with Gasteiger partial charge in [-0.3, -0.25) is 9.69 Å². The molecule has 1 aliphatic heterocycles. The minimum atomic E-state index is -1.28. The van der Waals surface area contributed by atoms with Crippen molar-refractivity contribution < 1.29 is 24.9 Å². The van der Waals surface area contributed by atoms with Crippen molar-refractivity contribution in [3.63, 3.8) is 0 Å². The molecule has 1 unspecified atom stereocenters. The van der Waals surface area contributed by atoms with Gasteiger partial charge in [0.1, 0.15) is 6.04 Å². The van der Waals surface area contributed by atoms with Crippen molar-refractivity contribution in [2.45, 2.75) is 51.0 Å². The normalized spacial score (nSPS) is 20.9. The smallest absolute Gasteiger partial charge is 0.408 e. The van der Waals surface area contributed by atoms with Gasteiger partial charge in [0.15, 0.2) is 0 Å². The summed E-state index contributed by atoms with van der Waals surface area (Å²) in [4.78, 5) is 24.8. The first-order chi connectivity index (χ1) is 12.1. The number of likely N-dealkylation sites (tertiary alicyclic amines) is 1. The minimum Gasteiger partial charge on any atom is -0.465 e. The third kappa shape index (κ3) is 4.54. The van der Waals surface area contributed by atoms with E-state index >= 15 is 0 Å². The predicted molar refractivity (Wildman–Crippen MR) is 95.3 cm³/mol. The molecule has 3 atom stereocenters. The molecule has 7 heteroatoms. The van der Waals surface area contributed by atoms with Crippen LogP contribution < -0.4 is 5.32 Å². The van der Waals surface area contributed by atoms with Gasteiger partial charge in [0, 0.05) is 12.0 Å². The highest BCUT2D eigenvalue weighted by Crippen LogP contribution is 2.27. The van der Waals surface area contributed by atoms with Crippen LogP contribution in [0.5, 0.6) is 0 Å². The van der Waals surface area contributed by atoms with Crippen LogP contribution in [0.4, 0.5) is 4.79 Å². The predicted octanol–water partition coefficient (Wildman–Crippen LogP) is 1.10. The second-order valence-electron chi connectivity index (χ2n) is 6.93. The molecule has 1 aromatic carbocycles. The maximum Gasteiger partial charge on any atom is 0.408 e. The van der Waals surface area contributed by atoms with Crippen LogP contribution in [0, 0.1) is 11.8 Å². The highest BCUT2D eigenvalue weighted by atomic mass is 16.4. The van der Waals surface area contributed by atoms with Gasteiger partial charge in [-0.15, -0.1) is 5.92 Å². The summed E-state index contributed by atoms with van der Waals surface area (Å²) < 4.78 is 0. The molecule has 0 bridgehead atoms. The van der Waals surface area contributed by atoms with Gasteiger partial charge in [-0.2, -0.15) is 0 Å². The SMILES string of the molecule is CC#Cc1ccc(C(NC(=O)[C@@H]2C[C@@H](O)CN2C(=O)O)C(C)(C)O)cc1. The van der Waals surface area contributed by atoms with Gasteiger partial charge >= 0.3 is 6.09 Å². The molecule has 1 saturated heterocycles. The summed E-state index contributed by atoms with van der Waals surface area (Å²) in [5.74, 6) is 5.17. The van der Waals surface area contributed by atoms with Gasteiger partial charge in [0.25, 0.3) is 0 Å². The lowest BCUT2D eigenvalue weighted by molar-refractivity contribution is -0.127. The fourth-order valence-electron chi connectivity index (χ4n) is 3.08. The number of nitrogens with zero attached hydrogens (tertiary/aromatic N) is 1. The largest absolute Gasteiger partial charge is 0.465 e. The van der Waals surface area contributed by atoms with Crippen molar-refractivity contribution in [3.05, 3.63) is 35.4 Å². The van der Waals surface area contributed by atoms with E-state index in [0.717, 1.165) is 10.5 Å². The van der Waals surface area contributed by atoms with E-state index in [0.29, 0.717) is 5.56 Å². The van der Waals surface area contributed by atoms with Crippen LogP contribution in [0.1, 0.15) is 44.4 Å². The Morgan fingerprint density at radius 1 is 1.31 bits per heavy atom. The molecule has 0 spiro atoms. The number of aliphatic hydroxyl groups excluding tert-OH is 1. The Morgan fingerprint density at radius 2 is 1.92 bits per heavy atom. The standard InChI is InChI=1S/C19H24N2O5/c1-4-5-12-6-8-13(9-7-12)16(19(2,3)26)20-17(23)15-10-14(22)11-21(15)18(24)25/h6-9,14-16,22,26H,10-11H2,1-3H3,(H,20,23)(H,24,25)/t14-,15+,16?/m1/s1. The van der Waals surface area contributed by atoms with E-state index in [2.05, 4.69) is 17.2 Å². The molecule has 1 fully saturated rings. The lowest BCUT2D eigenvalue weighted by atomic mass is 9.91. The molecule has 0 saturated carbocycles. The molecule has 1 aromatic rings. The van der Waals surface area contributed by atoms with Crippen molar-refractivity contribution in [2.75, 3.05) is 6.54 Å². The van der Waals surface area contributed by atoms with Crippen molar-refractivity contribution in [1.82, 2.24) is 10.2 Å². The Hall–Kier alpha value is -2.56. The number of hydrogen-bond acceptors (Lipinski definition) is 4. The third-order valence-electron chi connectivity index (χ3n) is 4.33. The van der Waals surface area contributed by atoms with Crippen LogP contribution in [-0.4, -0.2) is 56.5 Å². The second kappa shape index (κ2) is 7.77. The van der Waals surface area contributed by atoms with E-state index in [9.17, 15) is 24.9 Å². The highest BCUT2D eigenvalue weighted by molar-refractivity contribution is 5.86. The van der Waals surface area contributed by atoms with Gasteiger partial charge in [-0.05, 0) is 38.5 Å². The van der Waals surface area contributed by atoms with Crippen molar-refractivity contribution in [2.24, 2.45) is 0 Å². The number of aliphatic hydroxyl groups is 2. The fourth-order valence-corrected chi connectivity index (χ4v) is 3.08. The zero-order chi connectivity index (χ0) is 19.5. The number of hydrogen-bond donors (Lipinski definition) is 4. The molecule has 26 heavy (non-hydrogen) atoms. The Kier molecular flexibility index (Phi) is 5.90. The lowest BCUT2D eigenvalue weighted by Crippen LogP contribution is -2.50. The molecule has 0 aliphatic carbocycles. The lowest BCUT2D eigenvalue weighted by Gasteiger charge is -2.32. The molecule has 0 radical (unpaired) electrons. The molecule has 1 aliphatic rings. The molecule has 140 valence electrons. The Balaban J connectivity index is 2.23. The summed E-state index contributed by atoms with van der Waals surface area (Å²) in [6.07, 6.45) is -2.11. The minimum absolute atomic E-state index is 0.0295. The average molecular weight is 360 g/mol. The molecule has 2 rings (SSSR count). The number of β-amino-alcohol motifs (C(OH)–C–C–N with tert-alkyl or cyclic N) is 1. The van der Waals surface area contributed by atoms with E-state index in [1.807, 2.05) is 0 Å². The number of carbonyl (C=O) groups excluding carboxylic acids is 1. The fraction of sp³-hybridized carbons (Fsp3) is 0.474. The van der Waals surface area contributed by atoms with Gasteiger partial charge in [0.2, 0.25) is 5.91 Å². The maximum atomic E-state index is 12.6. The van der Waals surface area contributed by atoms with Gasteiger partial charge in [-0.1, -0.05) is 18.1 Å². The molecule has 7 nitrogen and oxygen atoms in total. The summed E-state index contributed by atoms with van der Waals surface area (Å²) in [6, 6.07) is 5.38. The summed E-state index contributed by atoms with van der Waals surface area (Å²) >= 11 is 0. The number of rotatable bonds is 4. The van der Waals surface area contributed by atoms with Gasteiger partial charge < -0.3 is 20.6 Å². The first-order valence-electron chi connectivity index (χ1n) is 8.36. The molecule has 2 amide bonds. The monoisotopic (exact) mass is 360 g/mol. The van der Waals surface area contributed by atoms with Gasteiger partial charge in [0.05, 0.1) is 24.3 Å². The van der Waals surface area contributed by atoms with Gasteiger partial charge in [-0.25, -0.2) is 4.79 Å². The van der Waals surface area contributed by atoms with Crippen LogP contribution in [0.25, 0.3) is 0 Å². The highest BCUT2D eigenvalue weighted by Gasteiger charge is 2.41. The summed E-state index contributed by atoms with van der Waals surface area (Å²) in [6.45, 7) is 4.76. The van der Waals surface area contributed by atoms with E-state index in [1.54, 1.807) is 45.0 Å². The Labute approximate surface area is 152 Å². The zero-order valence-electron chi connectivity index (χ0n) is 15.1. The Morgan fingerprint density at radius 3 is 2.42 bits per heavy atom. The first-order valence-corrected chi connectivity index (χ1v) is 8.36. The quantitative estimate of drug-likeness (QED) is 0.601. The topological polar surface area (TPSA) is 110 Å². The summed E-state index contributed by atoms with van der Waals surface area (Å²) in [5.41, 5.74) is 0.208. The van der Waals surface area contributed by atoms with Crippen LogP contribution in [-0.2, 0) is 4.79 Å². The molecule has 0 aromatic heterocycles. The number of carboxylic acid groups (broad SMARTS) is 1. The average Bonchev–Trinajstić information content (AvgIpc) is 2.95. The van der Waals surface area contributed by atoms with Crippen LogP contribution in [0.15, 0.2) is 24.3 Å². The van der Waals surface area contributed by atoms with E-state index in [-0.39, 0.29) is 13.0 Å². The Bertz CT molecular complexity index is 727. The molecule has 1 heterocycles. The number of nitrogens with one attached hydrogen (secondary N) is 1. The van der Waals surface area contributed by atoms with Crippen LogP contribution >= 0.6 is 0 Å². The van der Waals surface area contributed by atoms with E-state index in [4.69, 9.17) is 0 Å². The van der Waals surface area contributed by atoms with Crippen LogP contribution in [0.3, 0.4) is 0 Å². The number of benzene rings is 1. The maximum absolute atomic E-state index is 12.6. The summed E-state index contributed by atoms with van der Waals surface area (Å²) in [7, 11) is 0. The van der Waals surface area contributed by atoms with E-state index < -0.39 is 35.8 Å². The van der Waals surface area contributed by atoms with E-state index in [1.165, 1.54) is 0 Å². The zero-order valence-corrected chi connectivity index (χ0v) is 15.1. The molecular formula is C19H24N2O5. The molecule has 4 N–H and O–H groups in total.